The van der Waals surface area contributed by atoms with Gasteiger partial charge in [-0.05, 0) is 62.7 Å². The Hall–Kier alpha value is -1.37. The number of piperidine rings is 1. The van der Waals surface area contributed by atoms with Gasteiger partial charge in [0.2, 0.25) is 0 Å². The van der Waals surface area contributed by atoms with Crippen molar-refractivity contribution < 1.29 is 0 Å². The Morgan fingerprint density at radius 3 is 2.58 bits per heavy atom. The standard InChI is InChI=1S/C22H34N2/c1-5-7-19(4)24-14-12-21(13-15-24)16-20-8-10-22(11-9-20)17-23-18(3)6-2/h8,10-11,19H,5-7,9,12-15,17H2,1-4H3. The van der Waals surface area contributed by atoms with Gasteiger partial charge in [0.1, 0.15) is 0 Å². The summed E-state index contributed by atoms with van der Waals surface area (Å²) in [7, 11) is 0. The summed E-state index contributed by atoms with van der Waals surface area (Å²) in [6.07, 6.45) is 13.8. The Morgan fingerprint density at radius 2 is 2.00 bits per heavy atom. The van der Waals surface area contributed by atoms with E-state index in [4.69, 9.17) is 0 Å². The molecule has 0 amide bonds. The molecule has 132 valence electrons. The smallest absolute Gasteiger partial charge is 0.0636 e. The molecule has 1 saturated heterocycles. The lowest BCUT2D eigenvalue weighted by Crippen LogP contribution is -2.37. The van der Waals surface area contributed by atoms with Gasteiger partial charge in [-0.3, -0.25) is 9.89 Å². The monoisotopic (exact) mass is 326 g/mol. The van der Waals surface area contributed by atoms with E-state index in [2.05, 4.69) is 61.5 Å². The van der Waals surface area contributed by atoms with Gasteiger partial charge in [0.15, 0.2) is 0 Å². The average molecular weight is 327 g/mol. The van der Waals surface area contributed by atoms with Gasteiger partial charge >= 0.3 is 0 Å². The van der Waals surface area contributed by atoms with Crippen molar-refractivity contribution in [2.45, 2.75) is 72.3 Å². The van der Waals surface area contributed by atoms with Crippen molar-refractivity contribution in [1.29, 1.82) is 0 Å². The topological polar surface area (TPSA) is 15.6 Å². The van der Waals surface area contributed by atoms with E-state index in [1.54, 1.807) is 0 Å². The number of hydrogen-bond donors (Lipinski definition) is 0. The van der Waals surface area contributed by atoms with Gasteiger partial charge in [-0.15, -0.1) is 5.73 Å². The molecule has 0 aromatic carbocycles. The van der Waals surface area contributed by atoms with Crippen LogP contribution in [-0.4, -0.2) is 36.3 Å². The van der Waals surface area contributed by atoms with Crippen LogP contribution in [0.4, 0.5) is 0 Å². The second kappa shape index (κ2) is 9.81. The number of aliphatic imine (C=N–C) groups is 1. The minimum atomic E-state index is 0.733. The zero-order chi connectivity index (χ0) is 17.4. The first kappa shape index (κ1) is 19.0. The van der Waals surface area contributed by atoms with Crippen LogP contribution in [-0.2, 0) is 0 Å². The van der Waals surface area contributed by atoms with Crippen LogP contribution >= 0.6 is 0 Å². The van der Waals surface area contributed by atoms with Gasteiger partial charge in [-0.1, -0.05) is 38.5 Å². The fourth-order valence-electron chi connectivity index (χ4n) is 3.32. The first-order valence-electron chi connectivity index (χ1n) is 9.71. The first-order valence-corrected chi connectivity index (χ1v) is 9.71. The van der Waals surface area contributed by atoms with Crippen LogP contribution in [0.15, 0.2) is 45.7 Å². The molecule has 1 atom stereocenters. The Bertz CT molecular complexity index is 561. The second-order valence-corrected chi connectivity index (χ2v) is 7.15. The molecule has 1 unspecified atom stereocenters. The summed E-state index contributed by atoms with van der Waals surface area (Å²) in [4.78, 5) is 7.24. The summed E-state index contributed by atoms with van der Waals surface area (Å²) in [6, 6.07) is 0.733. The molecule has 0 N–H and O–H groups in total. The van der Waals surface area contributed by atoms with Crippen molar-refractivity contribution >= 4 is 5.71 Å². The quantitative estimate of drug-likeness (QED) is 0.466. The van der Waals surface area contributed by atoms with Gasteiger partial charge in [-0.2, -0.15) is 0 Å². The number of allylic oxidation sites excluding steroid dienone is 2. The molecular formula is C22H34N2. The van der Waals surface area contributed by atoms with Crippen molar-refractivity contribution in [2.75, 3.05) is 19.6 Å². The SMILES string of the molecule is CCCC(C)N1CCC(=C=C2C=CC(CN=C(C)CC)=CC2)CC1. The zero-order valence-electron chi connectivity index (χ0n) is 16.1. The highest BCUT2D eigenvalue weighted by molar-refractivity contribution is 5.81. The van der Waals surface area contributed by atoms with E-state index in [1.165, 1.54) is 61.2 Å². The summed E-state index contributed by atoms with van der Waals surface area (Å²) in [5, 5.41) is 0. The molecule has 24 heavy (non-hydrogen) atoms. The van der Waals surface area contributed by atoms with Crippen LogP contribution in [0, 0.1) is 0 Å². The molecular weight excluding hydrogens is 292 g/mol. The fraction of sp³-hybridized carbons (Fsp3) is 0.636. The molecule has 0 spiro atoms. The third-order valence-electron chi connectivity index (χ3n) is 5.19. The summed E-state index contributed by atoms with van der Waals surface area (Å²) < 4.78 is 0. The lowest BCUT2D eigenvalue weighted by molar-refractivity contribution is 0.186. The predicted molar refractivity (Wildman–Crippen MR) is 106 cm³/mol. The third-order valence-corrected chi connectivity index (χ3v) is 5.19. The van der Waals surface area contributed by atoms with Crippen molar-refractivity contribution in [3.05, 3.63) is 40.7 Å². The molecule has 2 rings (SSSR count). The molecule has 0 saturated carbocycles. The molecule has 0 bridgehead atoms. The molecule has 2 aliphatic rings. The molecule has 0 radical (unpaired) electrons. The van der Waals surface area contributed by atoms with Crippen LogP contribution in [0.3, 0.4) is 0 Å². The van der Waals surface area contributed by atoms with Crippen molar-refractivity contribution in [3.8, 4) is 0 Å². The van der Waals surface area contributed by atoms with Crippen molar-refractivity contribution in [1.82, 2.24) is 4.90 Å². The van der Waals surface area contributed by atoms with Gasteiger partial charge in [0, 0.05) is 24.8 Å². The maximum absolute atomic E-state index is 4.60. The molecule has 0 aromatic rings. The zero-order valence-corrected chi connectivity index (χ0v) is 16.1. The van der Waals surface area contributed by atoms with Gasteiger partial charge < -0.3 is 0 Å². The number of rotatable bonds is 6. The number of hydrogen-bond acceptors (Lipinski definition) is 2. The minimum absolute atomic E-state index is 0.733. The van der Waals surface area contributed by atoms with Crippen LogP contribution in [0.25, 0.3) is 0 Å². The van der Waals surface area contributed by atoms with E-state index < -0.39 is 0 Å². The van der Waals surface area contributed by atoms with Crippen LogP contribution in [0.2, 0.25) is 0 Å². The minimum Gasteiger partial charge on any atom is -0.300 e. The number of likely N-dealkylation sites (tertiary alicyclic amines) is 1. The van der Waals surface area contributed by atoms with Gasteiger partial charge in [0.25, 0.3) is 0 Å². The van der Waals surface area contributed by atoms with E-state index >= 15 is 0 Å². The number of nitrogens with zero attached hydrogens (tertiary/aromatic N) is 2. The maximum atomic E-state index is 4.60. The van der Waals surface area contributed by atoms with E-state index in [0.29, 0.717) is 0 Å². The van der Waals surface area contributed by atoms with E-state index in [-0.39, 0.29) is 0 Å². The highest BCUT2D eigenvalue weighted by Gasteiger charge is 2.18. The lowest BCUT2D eigenvalue weighted by Gasteiger charge is -2.33. The van der Waals surface area contributed by atoms with Gasteiger partial charge in [0.05, 0.1) is 6.54 Å². The van der Waals surface area contributed by atoms with Crippen LogP contribution < -0.4 is 0 Å². The summed E-state index contributed by atoms with van der Waals surface area (Å²) in [6.45, 7) is 12.1. The second-order valence-electron chi connectivity index (χ2n) is 7.15. The highest BCUT2D eigenvalue weighted by atomic mass is 15.1. The Labute approximate surface area is 148 Å². The molecule has 1 heterocycles. The molecule has 1 fully saturated rings. The largest absolute Gasteiger partial charge is 0.300 e. The normalized spacial score (nSPS) is 20.8. The van der Waals surface area contributed by atoms with Crippen LogP contribution in [0.5, 0.6) is 0 Å². The average Bonchev–Trinajstić information content (AvgIpc) is 2.61. The molecule has 2 nitrogen and oxygen atoms in total. The van der Waals surface area contributed by atoms with Crippen molar-refractivity contribution in [3.63, 3.8) is 0 Å². The van der Waals surface area contributed by atoms with Crippen molar-refractivity contribution in [2.24, 2.45) is 4.99 Å². The molecule has 2 heteroatoms. The van der Waals surface area contributed by atoms with E-state index in [0.717, 1.165) is 25.4 Å². The summed E-state index contributed by atoms with van der Waals surface area (Å²) >= 11 is 0. The molecule has 1 aliphatic carbocycles. The lowest BCUT2D eigenvalue weighted by atomic mass is 9.98. The summed E-state index contributed by atoms with van der Waals surface area (Å²) in [5.41, 5.74) is 9.09. The Morgan fingerprint density at radius 1 is 1.25 bits per heavy atom. The predicted octanol–water partition coefficient (Wildman–Crippen LogP) is 5.48. The Kier molecular flexibility index (Phi) is 7.75. The Balaban J connectivity index is 1.89. The summed E-state index contributed by atoms with van der Waals surface area (Å²) in [5.74, 6) is 0. The first-order chi connectivity index (χ1) is 11.6. The third kappa shape index (κ3) is 5.92. The molecule has 1 aliphatic heterocycles. The van der Waals surface area contributed by atoms with Gasteiger partial charge in [-0.25, -0.2) is 0 Å². The molecule has 0 aromatic heterocycles. The highest BCUT2D eigenvalue weighted by Crippen LogP contribution is 2.21. The maximum Gasteiger partial charge on any atom is 0.0636 e. The fourth-order valence-corrected chi connectivity index (χ4v) is 3.32. The van der Waals surface area contributed by atoms with E-state index in [1.807, 2.05) is 0 Å². The van der Waals surface area contributed by atoms with E-state index in [9.17, 15) is 0 Å². The van der Waals surface area contributed by atoms with Crippen LogP contribution in [0.1, 0.15) is 66.2 Å².